The van der Waals surface area contributed by atoms with Crippen molar-refractivity contribution in [3.05, 3.63) is 73.7 Å². The molecule has 4 N–H and O–H groups in total. The fraction of sp³-hybridized carbons (Fsp3) is 0.471. The molecule has 0 aliphatic rings. The topological polar surface area (TPSA) is 213 Å². The number of benzene rings is 2. The highest BCUT2D eigenvalue weighted by Crippen LogP contribution is 2.36. The highest BCUT2D eigenvalue weighted by Gasteiger charge is 2.36. The quantitative estimate of drug-likeness (QED) is 0.0934. The van der Waals surface area contributed by atoms with Crippen molar-refractivity contribution in [1.29, 1.82) is 0 Å². The molecule has 2 aromatic heterocycles. The summed E-state index contributed by atoms with van der Waals surface area (Å²) in [6.45, 7) is 13.6. The van der Waals surface area contributed by atoms with Crippen LogP contribution < -0.4 is 25.9 Å². The van der Waals surface area contributed by atoms with Crippen molar-refractivity contribution in [2.24, 2.45) is 5.73 Å². The molecule has 2 aromatic carbocycles. The van der Waals surface area contributed by atoms with Crippen LogP contribution in [0.25, 0.3) is 5.69 Å². The van der Waals surface area contributed by atoms with Crippen LogP contribution >= 0.6 is 41.9 Å². The second-order valence-electron chi connectivity index (χ2n) is 13.7. The molecule has 0 saturated heterocycles. The third-order valence-electron chi connectivity index (χ3n) is 6.81. The van der Waals surface area contributed by atoms with E-state index in [1.807, 2.05) is 34.6 Å². The Morgan fingerprint density at radius 3 is 2.12 bits per heavy atom. The summed E-state index contributed by atoms with van der Waals surface area (Å²) < 4.78 is 77.9. The first-order valence-electron chi connectivity index (χ1n) is 16.8. The molecule has 0 fully saturated rings. The summed E-state index contributed by atoms with van der Waals surface area (Å²) in [6.07, 6.45) is -4.67. The molecule has 1 amide bonds. The number of halogens is 6. The zero-order valence-electron chi connectivity index (χ0n) is 32.0. The standard InChI is InChI=1S/C15H18Cl2N2O3.C14H13F4N3O2S.C5H12NO4P/c1-8(2)21-12-7-11(9(16)6-10(12)17)19-14(20)22-13(18-19)15(3,4)5;1-8(2)21(10-5-3-9(15)4-6-10)11(22)7-23-13-20-19-12(24-13)14(16,17)18;1-11(9,10)3-2-4(6)5(7)8/h6-8H,1-5H3;3-6,8H,7H2,1-2H3;4H,2-3,6H2,1H3,(H,7,8)(H,9,10). The number of hydrogen-bond donors (Lipinski definition) is 3. The molecular weight excluding hydrogens is 846 g/mol. The van der Waals surface area contributed by atoms with Crippen molar-refractivity contribution >= 4 is 59.5 Å². The van der Waals surface area contributed by atoms with Gasteiger partial charge in [-0.05, 0) is 64.4 Å². The SMILES string of the molecule is CC(C)N(C(=O)COc1nnc(C(F)(F)F)s1)c1ccc(F)cc1.CC(C)Oc1cc(-n2nc(C(C)(C)C)oc2=O)c(Cl)cc1Cl.CP(=O)(O)CCC(N)C(=O)O. The number of rotatable bonds is 12. The summed E-state index contributed by atoms with van der Waals surface area (Å²) in [7, 11) is -3.10. The molecule has 57 heavy (non-hydrogen) atoms. The van der Waals surface area contributed by atoms with Crippen LogP contribution in [-0.4, -0.2) is 79.5 Å². The monoisotopic (exact) mass is 888 g/mol. The lowest BCUT2D eigenvalue weighted by atomic mass is 9.97. The van der Waals surface area contributed by atoms with Crippen LogP contribution in [-0.2, 0) is 25.7 Å². The Hall–Kier alpha value is -4.07. The third-order valence-corrected chi connectivity index (χ3v) is 9.38. The van der Waals surface area contributed by atoms with E-state index in [1.165, 1.54) is 41.9 Å². The van der Waals surface area contributed by atoms with Gasteiger partial charge in [0.05, 0.1) is 21.8 Å². The van der Waals surface area contributed by atoms with Gasteiger partial charge in [-0.15, -0.1) is 10.2 Å². The number of anilines is 1. The number of carboxylic acids is 1. The number of nitrogens with two attached hydrogens (primary N) is 1. The van der Waals surface area contributed by atoms with Gasteiger partial charge in [-0.1, -0.05) is 60.4 Å². The van der Waals surface area contributed by atoms with Crippen LogP contribution in [0.3, 0.4) is 0 Å². The van der Waals surface area contributed by atoms with E-state index in [-0.39, 0.29) is 51.7 Å². The van der Waals surface area contributed by atoms with Crippen molar-refractivity contribution < 1.29 is 55.6 Å². The molecule has 0 aliphatic carbocycles. The molecule has 23 heteroatoms. The van der Waals surface area contributed by atoms with Crippen LogP contribution in [0.4, 0.5) is 23.2 Å². The Kier molecular flexibility index (Phi) is 17.7. The maximum absolute atomic E-state index is 13.0. The molecule has 316 valence electrons. The lowest BCUT2D eigenvalue weighted by Crippen LogP contribution is -2.40. The van der Waals surface area contributed by atoms with E-state index in [9.17, 15) is 36.5 Å². The van der Waals surface area contributed by atoms with E-state index in [0.29, 0.717) is 28.0 Å². The fourth-order valence-electron chi connectivity index (χ4n) is 4.17. The molecule has 2 atom stereocenters. The van der Waals surface area contributed by atoms with Gasteiger partial charge >= 0.3 is 17.9 Å². The molecule has 4 rings (SSSR count). The number of carbonyl (C=O) groups is 2. The summed E-state index contributed by atoms with van der Waals surface area (Å²) in [5, 5.41) is 17.9. The number of alkyl halides is 3. The smallest absolute Gasteiger partial charge is 0.445 e. The molecular formula is C34H43Cl2F4N6O9PS. The molecule has 4 aromatic rings. The van der Waals surface area contributed by atoms with Gasteiger partial charge in [0.15, 0.2) is 14.0 Å². The molecule has 0 saturated carbocycles. The molecule has 0 aliphatic heterocycles. The highest BCUT2D eigenvalue weighted by atomic mass is 35.5. The van der Waals surface area contributed by atoms with E-state index in [2.05, 4.69) is 15.3 Å². The minimum absolute atomic E-state index is 0.0412. The number of hydrogen-bond acceptors (Lipinski definition) is 12. The predicted molar refractivity (Wildman–Crippen MR) is 207 cm³/mol. The Labute approximate surface area is 339 Å². The third kappa shape index (κ3) is 16.0. The number of aromatic nitrogens is 4. The van der Waals surface area contributed by atoms with Crippen LogP contribution in [0.1, 0.15) is 65.8 Å². The maximum atomic E-state index is 13.0. The number of carbonyl (C=O) groups excluding carboxylic acids is 1. The fourth-order valence-corrected chi connectivity index (χ4v) is 6.00. The van der Waals surface area contributed by atoms with Crippen LogP contribution in [0, 0.1) is 5.82 Å². The summed E-state index contributed by atoms with van der Waals surface area (Å²) in [5.74, 6) is -1.93. The molecule has 0 radical (unpaired) electrons. The van der Waals surface area contributed by atoms with E-state index < -0.39 is 54.7 Å². The summed E-state index contributed by atoms with van der Waals surface area (Å²) in [4.78, 5) is 44.6. The summed E-state index contributed by atoms with van der Waals surface area (Å²) in [5.41, 5.74) is 5.52. The number of ether oxygens (including phenoxy) is 2. The predicted octanol–water partition coefficient (Wildman–Crippen LogP) is 7.42. The van der Waals surface area contributed by atoms with Gasteiger partial charge in [0.2, 0.25) is 10.9 Å². The largest absolute Gasteiger partial charge is 0.489 e. The lowest BCUT2D eigenvalue weighted by Gasteiger charge is -2.26. The summed E-state index contributed by atoms with van der Waals surface area (Å²) >= 11 is 12.5. The van der Waals surface area contributed by atoms with Crippen LogP contribution in [0.5, 0.6) is 10.9 Å². The molecule has 15 nitrogen and oxygen atoms in total. The molecule has 2 heterocycles. The van der Waals surface area contributed by atoms with Crippen LogP contribution in [0.2, 0.25) is 10.0 Å². The van der Waals surface area contributed by atoms with Crippen molar-refractivity contribution in [3.8, 4) is 16.6 Å². The van der Waals surface area contributed by atoms with E-state index in [1.54, 1.807) is 19.9 Å². The zero-order valence-corrected chi connectivity index (χ0v) is 35.2. The highest BCUT2D eigenvalue weighted by molar-refractivity contribution is 7.57. The second kappa shape index (κ2) is 20.6. The van der Waals surface area contributed by atoms with Gasteiger partial charge in [-0.3, -0.25) is 14.2 Å². The van der Waals surface area contributed by atoms with Crippen molar-refractivity contribution in [3.63, 3.8) is 0 Å². The van der Waals surface area contributed by atoms with Gasteiger partial charge in [0, 0.05) is 36.0 Å². The van der Waals surface area contributed by atoms with E-state index in [4.69, 9.17) is 52.8 Å². The number of nitrogens with zero attached hydrogens (tertiary/aromatic N) is 5. The van der Waals surface area contributed by atoms with Gasteiger partial charge in [0.1, 0.15) is 17.6 Å². The van der Waals surface area contributed by atoms with Gasteiger partial charge in [0.25, 0.3) is 11.1 Å². The second-order valence-corrected chi connectivity index (χ2v) is 18.0. The number of amides is 1. The number of aliphatic carboxylic acids is 1. The van der Waals surface area contributed by atoms with Crippen molar-refractivity contribution in [1.82, 2.24) is 20.0 Å². The minimum Gasteiger partial charge on any atom is -0.489 e. The minimum atomic E-state index is -4.61. The maximum Gasteiger partial charge on any atom is 0.445 e. The zero-order chi connectivity index (χ0) is 43.6. The molecule has 0 spiro atoms. The van der Waals surface area contributed by atoms with E-state index in [0.717, 1.165) is 4.68 Å². The molecule has 2 unspecified atom stereocenters. The van der Waals surface area contributed by atoms with Gasteiger partial charge in [-0.25, -0.2) is 9.18 Å². The first-order valence-corrected chi connectivity index (χ1v) is 20.6. The van der Waals surface area contributed by atoms with Crippen molar-refractivity contribution in [2.45, 2.75) is 84.7 Å². The van der Waals surface area contributed by atoms with Crippen molar-refractivity contribution in [2.75, 3.05) is 24.3 Å². The normalized spacial score (nSPS) is 13.2. The average molecular weight is 890 g/mol. The Morgan fingerprint density at radius 1 is 1.07 bits per heavy atom. The number of carboxylic acid groups (broad SMARTS) is 1. The summed E-state index contributed by atoms with van der Waals surface area (Å²) in [6, 6.07) is 7.09. The first-order chi connectivity index (χ1) is 26.1. The van der Waals surface area contributed by atoms with E-state index >= 15 is 0 Å². The van der Waals surface area contributed by atoms with Crippen LogP contribution in [0.15, 0.2) is 45.6 Å². The Bertz CT molecular complexity index is 2070. The Balaban J connectivity index is 0.000000316. The van der Waals surface area contributed by atoms with Gasteiger partial charge in [-0.2, -0.15) is 17.9 Å². The Morgan fingerprint density at radius 2 is 1.67 bits per heavy atom. The van der Waals surface area contributed by atoms with Gasteiger partial charge < -0.3 is 34.5 Å². The average Bonchev–Trinajstić information content (AvgIpc) is 3.72. The molecule has 0 bridgehead atoms. The first kappa shape index (κ1) is 49.1. The lowest BCUT2D eigenvalue weighted by molar-refractivity contribution is -0.139.